The maximum atomic E-state index is 12.1. The van der Waals surface area contributed by atoms with Crippen LogP contribution in [0.3, 0.4) is 0 Å². The first kappa shape index (κ1) is 18.2. The van der Waals surface area contributed by atoms with E-state index in [1.165, 1.54) is 56.3 Å². The van der Waals surface area contributed by atoms with Crippen molar-refractivity contribution >= 4 is 10.0 Å². The second-order valence-corrected chi connectivity index (χ2v) is 8.51. The summed E-state index contributed by atoms with van der Waals surface area (Å²) < 4.78 is 32.7. The average Bonchev–Trinajstić information content (AvgIpc) is 2.50. The van der Waals surface area contributed by atoms with E-state index in [0.29, 0.717) is 19.1 Å². The molecule has 1 fully saturated rings. The molecule has 1 heterocycles. The quantitative estimate of drug-likeness (QED) is 0.789. The highest BCUT2D eigenvalue weighted by molar-refractivity contribution is 7.89. The van der Waals surface area contributed by atoms with Gasteiger partial charge in [-0.1, -0.05) is 19.8 Å². The Bertz CT molecular complexity index is 682. The molecule has 0 aliphatic heterocycles. The molecular formula is C16H26N2O4S. The molecule has 2 atom stereocenters. The van der Waals surface area contributed by atoms with Gasteiger partial charge < -0.3 is 9.30 Å². The largest absolute Gasteiger partial charge is 0.376 e. The van der Waals surface area contributed by atoms with Crippen molar-refractivity contribution in [3.8, 4) is 0 Å². The SMILES string of the molecule is C[C@H]1CCCC[C@@H]1OCCn1cc(S(=O)(=O)N(C)C)ccc1=O. The van der Waals surface area contributed by atoms with E-state index < -0.39 is 10.0 Å². The number of aromatic nitrogens is 1. The van der Waals surface area contributed by atoms with Gasteiger partial charge in [0.1, 0.15) is 0 Å². The molecule has 6 nitrogen and oxygen atoms in total. The van der Waals surface area contributed by atoms with Crippen LogP contribution in [0.2, 0.25) is 0 Å². The third-order valence-corrected chi connectivity index (χ3v) is 6.23. The lowest BCUT2D eigenvalue weighted by molar-refractivity contribution is -0.00868. The summed E-state index contributed by atoms with van der Waals surface area (Å²) in [6, 6.07) is 2.64. The maximum Gasteiger partial charge on any atom is 0.250 e. The Balaban J connectivity index is 2.04. The third kappa shape index (κ3) is 4.43. The van der Waals surface area contributed by atoms with E-state index >= 15 is 0 Å². The van der Waals surface area contributed by atoms with E-state index in [9.17, 15) is 13.2 Å². The zero-order valence-electron chi connectivity index (χ0n) is 14.1. The Morgan fingerprint density at radius 3 is 2.61 bits per heavy atom. The molecule has 130 valence electrons. The molecule has 0 radical (unpaired) electrons. The van der Waals surface area contributed by atoms with Gasteiger partial charge in [-0.25, -0.2) is 12.7 Å². The summed E-state index contributed by atoms with van der Waals surface area (Å²) in [6.45, 7) is 2.97. The van der Waals surface area contributed by atoms with Crippen LogP contribution in [0, 0.1) is 5.92 Å². The number of hydrogen-bond acceptors (Lipinski definition) is 4. The number of ether oxygens (including phenoxy) is 1. The Hall–Kier alpha value is -1.18. The minimum atomic E-state index is -3.54. The Labute approximate surface area is 138 Å². The lowest BCUT2D eigenvalue weighted by Crippen LogP contribution is -2.29. The van der Waals surface area contributed by atoms with Gasteiger partial charge in [-0.05, 0) is 24.8 Å². The summed E-state index contributed by atoms with van der Waals surface area (Å²) in [4.78, 5) is 12.0. The molecule has 0 spiro atoms. The molecule has 0 saturated heterocycles. The Morgan fingerprint density at radius 1 is 1.26 bits per heavy atom. The fourth-order valence-electron chi connectivity index (χ4n) is 2.88. The molecule has 23 heavy (non-hydrogen) atoms. The van der Waals surface area contributed by atoms with Crippen molar-refractivity contribution in [2.75, 3.05) is 20.7 Å². The van der Waals surface area contributed by atoms with E-state index in [2.05, 4.69) is 6.92 Å². The molecule has 0 bridgehead atoms. The molecule has 7 heteroatoms. The van der Waals surface area contributed by atoms with Gasteiger partial charge in [0.15, 0.2) is 0 Å². The summed E-state index contributed by atoms with van der Waals surface area (Å²) >= 11 is 0. The van der Waals surface area contributed by atoms with Gasteiger partial charge in [-0.2, -0.15) is 0 Å². The van der Waals surface area contributed by atoms with Gasteiger partial charge in [-0.15, -0.1) is 0 Å². The first-order chi connectivity index (χ1) is 10.8. The van der Waals surface area contributed by atoms with E-state index in [1.807, 2.05) is 0 Å². The first-order valence-corrected chi connectivity index (χ1v) is 9.51. The van der Waals surface area contributed by atoms with Crippen LogP contribution in [-0.4, -0.2) is 44.1 Å². The number of nitrogens with zero attached hydrogens (tertiary/aromatic N) is 2. The van der Waals surface area contributed by atoms with Crippen molar-refractivity contribution in [2.24, 2.45) is 5.92 Å². The fraction of sp³-hybridized carbons (Fsp3) is 0.688. The normalized spacial score (nSPS) is 22.4. The lowest BCUT2D eigenvalue weighted by atomic mass is 9.88. The van der Waals surface area contributed by atoms with E-state index in [1.54, 1.807) is 0 Å². The Kier molecular flexibility index (Phi) is 6.00. The van der Waals surface area contributed by atoms with Crippen LogP contribution in [-0.2, 0) is 21.3 Å². The maximum absolute atomic E-state index is 12.1. The topological polar surface area (TPSA) is 68.6 Å². The van der Waals surface area contributed by atoms with Crippen molar-refractivity contribution in [3.05, 3.63) is 28.7 Å². The molecule has 1 aliphatic rings. The minimum Gasteiger partial charge on any atom is -0.376 e. The van der Waals surface area contributed by atoms with Crippen LogP contribution < -0.4 is 5.56 Å². The van der Waals surface area contributed by atoms with Gasteiger partial charge in [0.2, 0.25) is 10.0 Å². The number of sulfonamides is 1. The van der Waals surface area contributed by atoms with E-state index in [4.69, 9.17) is 4.74 Å². The monoisotopic (exact) mass is 342 g/mol. The highest BCUT2D eigenvalue weighted by atomic mass is 32.2. The molecule has 1 aromatic rings. The zero-order valence-corrected chi connectivity index (χ0v) is 14.9. The molecule has 0 aromatic carbocycles. The van der Waals surface area contributed by atoms with Crippen molar-refractivity contribution in [2.45, 2.75) is 50.2 Å². The molecule has 2 rings (SSSR count). The molecule has 0 unspecified atom stereocenters. The van der Waals surface area contributed by atoms with Gasteiger partial charge in [0, 0.05) is 32.9 Å². The third-order valence-electron chi connectivity index (χ3n) is 4.43. The van der Waals surface area contributed by atoms with Crippen LogP contribution in [0.5, 0.6) is 0 Å². The summed E-state index contributed by atoms with van der Waals surface area (Å²) in [7, 11) is -0.596. The summed E-state index contributed by atoms with van der Waals surface area (Å²) in [5.74, 6) is 0.543. The van der Waals surface area contributed by atoms with Gasteiger partial charge >= 0.3 is 0 Å². The van der Waals surface area contributed by atoms with Gasteiger partial charge in [0.05, 0.1) is 17.6 Å². The molecular weight excluding hydrogens is 316 g/mol. The summed E-state index contributed by atoms with van der Waals surface area (Å²) in [5.41, 5.74) is -0.219. The first-order valence-electron chi connectivity index (χ1n) is 8.07. The summed E-state index contributed by atoms with van der Waals surface area (Å²) in [6.07, 6.45) is 6.32. The molecule has 1 saturated carbocycles. The highest BCUT2D eigenvalue weighted by Crippen LogP contribution is 2.26. The van der Waals surface area contributed by atoms with Crippen molar-refractivity contribution < 1.29 is 13.2 Å². The van der Waals surface area contributed by atoms with Crippen LogP contribution in [0.15, 0.2) is 28.0 Å². The number of hydrogen-bond donors (Lipinski definition) is 0. The van der Waals surface area contributed by atoms with Crippen LogP contribution in [0.1, 0.15) is 32.6 Å². The molecule has 0 N–H and O–H groups in total. The highest BCUT2D eigenvalue weighted by Gasteiger charge is 2.22. The van der Waals surface area contributed by atoms with Gasteiger partial charge in [-0.3, -0.25) is 4.79 Å². The van der Waals surface area contributed by atoms with Crippen LogP contribution in [0.25, 0.3) is 0 Å². The van der Waals surface area contributed by atoms with Crippen molar-refractivity contribution in [3.63, 3.8) is 0 Å². The smallest absolute Gasteiger partial charge is 0.250 e. The fourth-order valence-corrected chi connectivity index (χ4v) is 3.80. The Morgan fingerprint density at radius 2 is 1.96 bits per heavy atom. The summed E-state index contributed by atoms with van der Waals surface area (Å²) in [5, 5.41) is 0. The zero-order chi connectivity index (χ0) is 17.0. The molecule has 1 aliphatic carbocycles. The second kappa shape index (κ2) is 7.59. The number of pyridine rings is 1. The van der Waals surface area contributed by atoms with E-state index in [0.717, 1.165) is 10.7 Å². The lowest BCUT2D eigenvalue weighted by Gasteiger charge is -2.28. The van der Waals surface area contributed by atoms with E-state index in [-0.39, 0.29) is 16.6 Å². The average molecular weight is 342 g/mol. The molecule has 0 amide bonds. The standard InChI is InChI=1S/C16H26N2O4S/c1-13-6-4-5-7-15(13)22-11-10-18-12-14(8-9-16(18)19)23(20,21)17(2)3/h8-9,12-13,15H,4-7,10-11H2,1-3H3/t13-,15-/m0/s1. The predicted molar refractivity (Wildman–Crippen MR) is 88.9 cm³/mol. The second-order valence-electron chi connectivity index (χ2n) is 6.35. The van der Waals surface area contributed by atoms with Gasteiger partial charge in [0.25, 0.3) is 5.56 Å². The number of rotatable bonds is 6. The van der Waals surface area contributed by atoms with Crippen molar-refractivity contribution in [1.29, 1.82) is 0 Å². The van der Waals surface area contributed by atoms with Crippen LogP contribution >= 0.6 is 0 Å². The minimum absolute atomic E-state index is 0.119. The van der Waals surface area contributed by atoms with Crippen LogP contribution in [0.4, 0.5) is 0 Å². The predicted octanol–water partition coefficient (Wildman–Crippen LogP) is 1.69. The molecule has 1 aromatic heterocycles. The van der Waals surface area contributed by atoms with Crippen molar-refractivity contribution in [1.82, 2.24) is 8.87 Å².